The van der Waals surface area contributed by atoms with E-state index in [2.05, 4.69) is 0 Å². The van der Waals surface area contributed by atoms with Crippen molar-refractivity contribution in [2.24, 2.45) is 5.73 Å². The summed E-state index contributed by atoms with van der Waals surface area (Å²) in [5.41, 5.74) is 6.54. The molecule has 0 aromatic heterocycles. The van der Waals surface area contributed by atoms with E-state index in [4.69, 9.17) is 10.8 Å². The molecule has 0 saturated carbocycles. The van der Waals surface area contributed by atoms with Crippen LogP contribution in [0.3, 0.4) is 0 Å². The predicted octanol–water partition coefficient (Wildman–Crippen LogP) is 2.65. The monoisotopic (exact) mass is 309 g/mol. The first-order chi connectivity index (χ1) is 10.2. The Hall–Kier alpha value is -2.34. The molecule has 0 aliphatic heterocycles. The van der Waals surface area contributed by atoms with Crippen molar-refractivity contribution in [2.45, 2.75) is 19.0 Å². The normalized spacial score (nSPS) is 11.5. The Kier molecular flexibility index (Phi) is 4.51. The summed E-state index contributed by atoms with van der Waals surface area (Å²) in [5.74, 6) is -1.08. The van der Waals surface area contributed by atoms with Gasteiger partial charge in [0.05, 0.1) is 12.8 Å². The Morgan fingerprint density at radius 3 is 2.18 bits per heavy atom. The number of rotatable bonds is 5. The van der Waals surface area contributed by atoms with Crippen LogP contribution in [-0.2, 0) is 17.6 Å². The minimum Gasteiger partial charge on any atom is -0.369 e. The number of alkyl halides is 2. The maximum absolute atomic E-state index is 14.0. The smallest absolute Gasteiger partial charge is 0.357 e. The van der Waals surface area contributed by atoms with E-state index in [0.717, 1.165) is 0 Å². The minimum absolute atomic E-state index is 0.0538. The van der Waals surface area contributed by atoms with Gasteiger partial charge in [0.25, 0.3) is 0 Å². The van der Waals surface area contributed by atoms with Crippen LogP contribution in [0, 0.1) is 5.82 Å². The third-order valence-corrected chi connectivity index (χ3v) is 3.09. The zero-order chi connectivity index (χ0) is 16.3. The molecule has 0 heterocycles. The molecule has 0 fully saturated rings. The number of carbonyl (C=O) groups is 1. The number of aliphatic hydroxyl groups is 1. The van der Waals surface area contributed by atoms with E-state index in [-0.39, 0.29) is 17.5 Å². The maximum Gasteiger partial charge on any atom is 0.357 e. The highest BCUT2D eigenvalue weighted by Gasteiger charge is 2.24. The lowest BCUT2D eigenvalue weighted by Crippen LogP contribution is -2.17. The molecule has 0 spiro atoms. The van der Waals surface area contributed by atoms with Gasteiger partial charge in [-0.2, -0.15) is 8.78 Å². The summed E-state index contributed by atoms with van der Waals surface area (Å²) in [6.45, 7) is 0. The second-order valence-corrected chi connectivity index (χ2v) is 5.00. The van der Waals surface area contributed by atoms with Gasteiger partial charge < -0.3 is 10.8 Å². The molecule has 3 N–H and O–H groups in total. The number of primary amides is 1. The Balaban J connectivity index is 2.23. The van der Waals surface area contributed by atoms with Crippen molar-refractivity contribution in [3.8, 4) is 11.1 Å². The summed E-state index contributed by atoms with van der Waals surface area (Å²) < 4.78 is 39.0. The first-order valence-corrected chi connectivity index (χ1v) is 6.51. The fourth-order valence-corrected chi connectivity index (χ4v) is 2.15. The summed E-state index contributed by atoms with van der Waals surface area (Å²) in [5, 5.41) is 8.47. The molecule has 116 valence electrons. The molecule has 2 aromatic carbocycles. The van der Waals surface area contributed by atoms with E-state index >= 15 is 0 Å². The van der Waals surface area contributed by atoms with Crippen molar-refractivity contribution >= 4 is 5.91 Å². The molecule has 2 aromatic rings. The van der Waals surface area contributed by atoms with Crippen molar-refractivity contribution in [1.82, 2.24) is 0 Å². The third kappa shape index (κ3) is 4.33. The Morgan fingerprint density at radius 1 is 1.09 bits per heavy atom. The van der Waals surface area contributed by atoms with Crippen LogP contribution in [0.2, 0.25) is 0 Å². The SMILES string of the molecule is NC(=O)Cc1ccc(-c2ccc(CC(O)(F)F)cc2)c(F)c1. The largest absolute Gasteiger partial charge is 0.369 e. The van der Waals surface area contributed by atoms with Gasteiger partial charge >= 0.3 is 6.11 Å². The quantitative estimate of drug-likeness (QED) is 0.892. The average molecular weight is 309 g/mol. The fourth-order valence-electron chi connectivity index (χ4n) is 2.15. The molecule has 0 radical (unpaired) electrons. The lowest BCUT2D eigenvalue weighted by molar-refractivity contribution is -0.196. The van der Waals surface area contributed by atoms with Crippen molar-refractivity contribution in [3.05, 3.63) is 59.4 Å². The summed E-state index contributed by atoms with van der Waals surface area (Å²) in [4.78, 5) is 10.8. The number of benzene rings is 2. The van der Waals surface area contributed by atoms with E-state index in [1.807, 2.05) is 0 Å². The standard InChI is InChI=1S/C16H14F3NO2/c17-14-7-11(8-15(20)21)3-6-13(14)12-4-1-10(2-5-12)9-16(18,19)22/h1-7,22H,8-9H2,(H2,20,21). The van der Waals surface area contributed by atoms with Crippen LogP contribution in [-0.4, -0.2) is 17.1 Å². The third-order valence-electron chi connectivity index (χ3n) is 3.09. The van der Waals surface area contributed by atoms with Crippen LogP contribution >= 0.6 is 0 Å². The highest BCUT2D eigenvalue weighted by atomic mass is 19.3. The summed E-state index contributed by atoms with van der Waals surface area (Å²) in [6, 6.07) is 10.1. The van der Waals surface area contributed by atoms with Crippen molar-refractivity contribution in [2.75, 3.05) is 0 Å². The van der Waals surface area contributed by atoms with Crippen LogP contribution in [0.4, 0.5) is 13.2 Å². The van der Waals surface area contributed by atoms with E-state index in [1.165, 1.54) is 36.4 Å². The molecule has 0 saturated heterocycles. The van der Waals surface area contributed by atoms with Crippen molar-refractivity contribution in [3.63, 3.8) is 0 Å². The first-order valence-electron chi connectivity index (χ1n) is 6.51. The number of nitrogens with two attached hydrogens (primary N) is 1. The summed E-state index contributed by atoms with van der Waals surface area (Å²) in [7, 11) is 0. The molecule has 0 atom stereocenters. The molecular weight excluding hydrogens is 295 g/mol. The molecule has 1 amide bonds. The van der Waals surface area contributed by atoms with Gasteiger partial charge in [-0.25, -0.2) is 4.39 Å². The first kappa shape index (κ1) is 16.0. The van der Waals surface area contributed by atoms with Gasteiger partial charge in [0.15, 0.2) is 0 Å². The molecule has 0 aliphatic carbocycles. The van der Waals surface area contributed by atoms with Gasteiger partial charge in [-0.1, -0.05) is 36.4 Å². The summed E-state index contributed by atoms with van der Waals surface area (Å²) >= 11 is 0. The van der Waals surface area contributed by atoms with Crippen LogP contribution in [0.15, 0.2) is 42.5 Å². The highest BCUT2D eigenvalue weighted by Crippen LogP contribution is 2.25. The lowest BCUT2D eigenvalue weighted by atomic mass is 10.00. The maximum atomic E-state index is 14.0. The van der Waals surface area contributed by atoms with Gasteiger partial charge in [-0.05, 0) is 22.8 Å². The van der Waals surface area contributed by atoms with E-state index in [9.17, 15) is 18.0 Å². The predicted molar refractivity (Wildman–Crippen MR) is 75.6 cm³/mol. The van der Waals surface area contributed by atoms with Gasteiger partial charge in [-0.3, -0.25) is 4.79 Å². The summed E-state index contributed by atoms with van der Waals surface area (Å²) in [6.07, 6.45) is -4.63. The topological polar surface area (TPSA) is 63.3 Å². The molecule has 0 unspecified atom stereocenters. The van der Waals surface area contributed by atoms with Crippen molar-refractivity contribution in [1.29, 1.82) is 0 Å². The molecule has 3 nitrogen and oxygen atoms in total. The molecule has 6 heteroatoms. The lowest BCUT2D eigenvalue weighted by Gasteiger charge is -2.10. The molecule has 0 aliphatic rings. The van der Waals surface area contributed by atoms with Gasteiger partial charge in [0, 0.05) is 5.56 Å². The number of hydrogen-bond acceptors (Lipinski definition) is 2. The zero-order valence-electron chi connectivity index (χ0n) is 11.5. The van der Waals surface area contributed by atoms with Crippen LogP contribution in [0.5, 0.6) is 0 Å². The van der Waals surface area contributed by atoms with E-state index in [1.54, 1.807) is 6.07 Å². The van der Waals surface area contributed by atoms with E-state index in [0.29, 0.717) is 11.1 Å². The van der Waals surface area contributed by atoms with Crippen LogP contribution in [0.25, 0.3) is 11.1 Å². The number of amides is 1. The average Bonchev–Trinajstić information content (AvgIpc) is 2.37. The molecule has 22 heavy (non-hydrogen) atoms. The van der Waals surface area contributed by atoms with Crippen LogP contribution in [0.1, 0.15) is 11.1 Å². The van der Waals surface area contributed by atoms with Gasteiger partial charge in [0.2, 0.25) is 5.91 Å². The van der Waals surface area contributed by atoms with E-state index < -0.39 is 24.3 Å². The highest BCUT2D eigenvalue weighted by molar-refractivity contribution is 5.77. The number of hydrogen-bond donors (Lipinski definition) is 2. The Morgan fingerprint density at radius 2 is 1.68 bits per heavy atom. The molecule has 0 bridgehead atoms. The zero-order valence-corrected chi connectivity index (χ0v) is 11.5. The second-order valence-electron chi connectivity index (χ2n) is 5.00. The number of carbonyl (C=O) groups excluding carboxylic acids is 1. The molecule has 2 rings (SSSR count). The van der Waals surface area contributed by atoms with Crippen LogP contribution < -0.4 is 5.73 Å². The molecular formula is C16H14F3NO2. The van der Waals surface area contributed by atoms with Gasteiger partial charge in [-0.15, -0.1) is 0 Å². The Bertz CT molecular complexity index is 679. The second kappa shape index (κ2) is 6.19. The Labute approximate surface area is 125 Å². The minimum atomic E-state index is -3.77. The number of halogens is 3. The van der Waals surface area contributed by atoms with Crippen molar-refractivity contribution < 1.29 is 23.1 Å². The fraction of sp³-hybridized carbons (Fsp3) is 0.188. The van der Waals surface area contributed by atoms with Gasteiger partial charge in [0.1, 0.15) is 5.82 Å².